The van der Waals surface area contributed by atoms with E-state index in [1.807, 2.05) is 27.7 Å². The lowest BCUT2D eigenvalue weighted by Crippen LogP contribution is -2.18. The van der Waals surface area contributed by atoms with Gasteiger partial charge in [-0.2, -0.15) is 0 Å². The third-order valence-electron chi connectivity index (χ3n) is 1.97. The Morgan fingerprint density at radius 1 is 1.36 bits per heavy atom. The second kappa shape index (κ2) is 6.46. The largest absolute Gasteiger partial charge is 0.504 e. The molecule has 0 spiro atoms. The lowest BCUT2D eigenvalue weighted by Gasteiger charge is -2.14. The molecule has 0 aromatic heterocycles. The summed E-state index contributed by atoms with van der Waals surface area (Å²) in [7, 11) is 1.53. The van der Waals surface area contributed by atoms with Crippen LogP contribution in [0.2, 0.25) is 0 Å². The Bertz CT molecular complexity index is 207. The quantitative estimate of drug-likeness (QED) is 0.388. The Morgan fingerprint density at radius 2 is 1.93 bits per heavy atom. The Labute approximate surface area is 86.1 Å². The molecule has 82 valence electrons. The van der Waals surface area contributed by atoms with Gasteiger partial charge in [0, 0.05) is 0 Å². The van der Waals surface area contributed by atoms with Gasteiger partial charge in [0.05, 0.1) is 25.0 Å². The molecule has 0 N–H and O–H groups in total. The second-order valence-electron chi connectivity index (χ2n) is 3.57. The maximum Gasteiger partial charge on any atom is 0.337 e. The van der Waals surface area contributed by atoms with Crippen LogP contribution in [0.25, 0.3) is 0 Å². The van der Waals surface area contributed by atoms with Crippen molar-refractivity contribution in [3.05, 3.63) is 11.8 Å². The summed E-state index contributed by atoms with van der Waals surface area (Å²) in [5.41, 5.74) is 0.601. The maximum absolute atomic E-state index is 11.6. The molecular formula is C11H20O3. The van der Waals surface area contributed by atoms with E-state index in [9.17, 15) is 4.79 Å². The van der Waals surface area contributed by atoms with Gasteiger partial charge < -0.3 is 9.47 Å². The van der Waals surface area contributed by atoms with Gasteiger partial charge in [-0.3, -0.25) is 0 Å². The smallest absolute Gasteiger partial charge is 0.337 e. The van der Waals surface area contributed by atoms with Crippen LogP contribution in [0, 0.1) is 5.92 Å². The number of methoxy groups -OCH3 is 1. The summed E-state index contributed by atoms with van der Waals surface area (Å²) in [6.45, 7) is 7.67. The van der Waals surface area contributed by atoms with E-state index in [-0.39, 0.29) is 18.0 Å². The van der Waals surface area contributed by atoms with E-state index < -0.39 is 0 Å². The molecule has 0 aliphatic rings. The highest BCUT2D eigenvalue weighted by Gasteiger charge is 2.18. The zero-order valence-corrected chi connectivity index (χ0v) is 9.66. The van der Waals surface area contributed by atoms with Gasteiger partial charge >= 0.3 is 5.97 Å². The van der Waals surface area contributed by atoms with E-state index in [0.717, 1.165) is 6.42 Å². The van der Waals surface area contributed by atoms with E-state index in [0.29, 0.717) is 5.57 Å². The van der Waals surface area contributed by atoms with Crippen molar-refractivity contribution in [2.75, 3.05) is 7.11 Å². The Morgan fingerprint density at radius 3 is 2.29 bits per heavy atom. The molecule has 0 radical (unpaired) electrons. The first kappa shape index (κ1) is 13.0. The molecule has 0 aromatic rings. The molecule has 0 fully saturated rings. The van der Waals surface area contributed by atoms with E-state index in [1.54, 1.807) is 0 Å². The zero-order valence-electron chi connectivity index (χ0n) is 9.66. The third-order valence-corrected chi connectivity index (χ3v) is 1.97. The zero-order chi connectivity index (χ0) is 11.1. The van der Waals surface area contributed by atoms with Crippen LogP contribution in [0.1, 0.15) is 34.1 Å². The fraction of sp³-hybridized carbons (Fsp3) is 0.727. The number of carbonyl (C=O) groups is 1. The van der Waals surface area contributed by atoms with Gasteiger partial charge in [0.1, 0.15) is 0 Å². The fourth-order valence-electron chi connectivity index (χ4n) is 0.994. The van der Waals surface area contributed by atoms with Crippen LogP contribution in [0.3, 0.4) is 0 Å². The Kier molecular flexibility index (Phi) is 6.00. The van der Waals surface area contributed by atoms with Crippen LogP contribution in [-0.4, -0.2) is 19.2 Å². The van der Waals surface area contributed by atoms with Crippen molar-refractivity contribution in [1.29, 1.82) is 0 Å². The third kappa shape index (κ3) is 4.30. The van der Waals surface area contributed by atoms with Crippen molar-refractivity contribution >= 4 is 5.97 Å². The summed E-state index contributed by atoms with van der Waals surface area (Å²) in [5.74, 6) is -0.114. The first-order valence-electron chi connectivity index (χ1n) is 4.96. The summed E-state index contributed by atoms with van der Waals surface area (Å²) in [4.78, 5) is 11.6. The molecule has 1 unspecified atom stereocenters. The summed E-state index contributed by atoms with van der Waals surface area (Å²) in [5, 5.41) is 0. The van der Waals surface area contributed by atoms with Gasteiger partial charge in [-0.1, -0.05) is 13.8 Å². The van der Waals surface area contributed by atoms with Crippen LogP contribution >= 0.6 is 0 Å². The Balaban J connectivity index is 4.50. The van der Waals surface area contributed by atoms with Gasteiger partial charge in [0.25, 0.3) is 0 Å². The minimum atomic E-state index is -0.281. The van der Waals surface area contributed by atoms with Crippen molar-refractivity contribution < 1.29 is 14.3 Å². The van der Waals surface area contributed by atoms with Crippen molar-refractivity contribution in [3.8, 4) is 0 Å². The van der Waals surface area contributed by atoms with Gasteiger partial charge in [-0.15, -0.1) is 0 Å². The molecule has 0 bridgehead atoms. The van der Waals surface area contributed by atoms with Crippen molar-refractivity contribution in [1.82, 2.24) is 0 Å². The highest BCUT2D eigenvalue weighted by atomic mass is 16.5. The van der Waals surface area contributed by atoms with Crippen molar-refractivity contribution in [2.45, 2.75) is 40.2 Å². The van der Waals surface area contributed by atoms with Gasteiger partial charge in [-0.25, -0.2) is 4.79 Å². The molecule has 0 aromatic carbocycles. The molecule has 0 rings (SSSR count). The number of hydrogen-bond acceptors (Lipinski definition) is 3. The number of rotatable bonds is 5. The lowest BCUT2D eigenvalue weighted by molar-refractivity contribution is -0.143. The SMILES string of the molecule is CCC(C)C(=COC)C(=O)OC(C)C. The topological polar surface area (TPSA) is 35.5 Å². The first-order chi connectivity index (χ1) is 6.52. The molecule has 3 nitrogen and oxygen atoms in total. The van der Waals surface area contributed by atoms with Crippen LogP contribution in [0.4, 0.5) is 0 Å². The highest BCUT2D eigenvalue weighted by molar-refractivity contribution is 5.88. The van der Waals surface area contributed by atoms with Crippen LogP contribution in [0.15, 0.2) is 11.8 Å². The summed E-state index contributed by atoms with van der Waals surface area (Å²) in [6, 6.07) is 0. The normalized spacial score (nSPS) is 14.0. The molecule has 3 heteroatoms. The van der Waals surface area contributed by atoms with Gasteiger partial charge in [-0.05, 0) is 26.2 Å². The van der Waals surface area contributed by atoms with Crippen LogP contribution in [-0.2, 0) is 14.3 Å². The number of esters is 1. The highest BCUT2D eigenvalue weighted by Crippen LogP contribution is 2.16. The Hall–Kier alpha value is -0.990. The monoisotopic (exact) mass is 200 g/mol. The predicted molar refractivity (Wildman–Crippen MR) is 55.8 cm³/mol. The standard InChI is InChI=1S/C11H20O3/c1-6-9(4)10(7-13-5)11(12)14-8(2)3/h7-9H,6H2,1-5H3. The van der Waals surface area contributed by atoms with Gasteiger partial charge in [0.2, 0.25) is 0 Å². The summed E-state index contributed by atoms with van der Waals surface area (Å²) >= 11 is 0. The van der Waals surface area contributed by atoms with Crippen molar-refractivity contribution in [2.24, 2.45) is 5.92 Å². The number of carbonyl (C=O) groups excluding carboxylic acids is 1. The minimum Gasteiger partial charge on any atom is -0.504 e. The molecule has 0 heterocycles. The first-order valence-corrected chi connectivity index (χ1v) is 4.96. The molecular weight excluding hydrogens is 180 g/mol. The summed E-state index contributed by atoms with van der Waals surface area (Å²) < 4.78 is 9.97. The lowest BCUT2D eigenvalue weighted by atomic mass is 10.00. The maximum atomic E-state index is 11.6. The molecule has 0 aliphatic heterocycles. The predicted octanol–water partition coefficient (Wildman–Crippen LogP) is 2.51. The van der Waals surface area contributed by atoms with E-state index >= 15 is 0 Å². The average molecular weight is 200 g/mol. The number of ether oxygens (including phenoxy) is 2. The fourth-order valence-corrected chi connectivity index (χ4v) is 0.994. The van der Waals surface area contributed by atoms with E-state index in [2.05, 4.69) is 0 Å². The molecule has 0 aliphatic carbocycles. The summed E-state index contributed by atoms with van der Waals surface area (Å²) in [6.07, 6.45) is 2.27. The molecule has 0 saturated carbocycles. The van der Waals surface area contributed by atoms with E-state index in [1.165, 1.54) is 13.4 Å². The minimum absolute atomic E-state index is 0.0909. The second-order valence-corrected chi connectivity index (χ2v) is 3.57. The molecule has 0 amide bonds. The molecule has 14 heavy (non-hydrogen) atoms. The van der Waals surface area contributed by atoms with E-state index in [4.69, 9.17) is 9.47 Å². The number of hydrogen-bond donors (Lipinski definition) is 0. The molecule has 1 atom stereocenters. The van der Waals surface area contributed by atoms with Crippen molar-refractivity contribution in [3.63, 3.8) is 0 Å². The van der Waals surface area contributed by atoms with Crippen LogP contribution < -0.4 is 0 Å². The van der Waals surface area contributed by atoms with Gasteiger partial charge in [0.15, 0.2) is 0 Å². The van der Waals surface area contributed by atoms with Crippen LogP contribution in [0.5, 0.6) is 0 Å². The molecule has 0 saturated heterocycles. The average Bonchev–Trinajstić information content (AvgIpc) is 2.11.